The number of aryl methyl sites for hydroxylation is 2. The Bertz CT molecular complexity index is 1160. The minimum absolute atomic E-state index is 0.154. The number of rotatable bonds is 8. The SMILES string of the molecule is CCc1ccccc1-c1cc2cc(OCc3ccc(CCC(=O)O)cc3)ccc2s1. The molecule has 152 valence electrons. The standard InChI is InChI=1S/C26H24O3S/c1-2-20-5-3-4-6-23(20)25-16-21-15-22(12-13-24(21)30-25)29-17-19-9-7-18(8-10-19)11-14-26(27)28/h3-10,12-13,15-16H,2,11,14,17H2,1H3,(H,27,28). The summed E-state index contributed by atoms with van der Waals surface area (Å²) in [6.07, 6.45) is 1.73. The first kappa shape index (κ1) is 20.2. The van der Waals surface area contributed by atoms with Gasteiger partial charge in [-0.15, -0.1) is 11.3 Å². The van der Waals surface area contributed by atoms with Gasteiger partial charge in [-0.2, -0.15) is 0 Å². The van der Waals surface area contributed by atoms with Crippen LogP contribution in [0.1, 0.15) is 30.0 Å². The molecule has 3 aromatic carbocycles. The summed E-state index contributed by atoms with van der Waals surface area (Å²) in [6.45, 7) is 2.68. The molecule has 0 bridgehead atoms. The summed E-state index contributed by atoms with van der Waals surface area (Å²) in [6, 6.07) is 25.0. The lowest BCUT2D eigenvalue weighted by molar-refractivity contribution is -0.136. The van der Waals surface area contributed by atoms with E-state index in [4.69, 9.17) is 9.84 Å². The Hall–Kier alpha value is -3.11. The third-order valence-electron chi connectivity index (χ3n) is 5.21. The average Bonchev–Trinajstić information content (AvgIpc) is 3.20. The van der Waals surface area contributed by atoms with E-state index in [2.05, 4.69) is 49.4 Å². The Balaban J connectivity index is 1.46. The minimum Gasteiger partial charge on any atom is -0.489 e. The highest BCUT2D eigenvalue weighted by molar-refractivity contribution is 7.22. The molecule has 0 spiro atoms. The maximum Gasteiger partial charge on any atom is 0.303 e. The molecule has 1 heterocycles. The number of aliphatic carboxylic acids is 1. The molecule has 1 N–H and O–H groups in total. The highest BCUT2D eigenvalue weighted by Crippen LogP contribution is 2.37. The minimum atomic E-state index is -0.771. The van der Waals surface area contributed by atoms with Gasteiger partial charge >= 0.3 is 5.97 Å². The van der Waals surface area contributed by atoms with Crippen molar-refractivity contribution in [3.8, 4) is 16.2 Å². The third-order valence-corrected chi connectivity index (χ3v) is 6.36. The number of hydrogen-bond acceptors (Lipinski definition) is 3. The Labute approximate surface area is 180 Å². The molecule has 0 amide bonds. The summed E-state index contributed by atoms with van der Waals surface area (Å²) >= 11 is 1.81. The maximum atomic E-state index is 10.7. The number of thiophene rings is 1. The van der Waals surface area contributed by atoms with Gasteiger partial charge in [0.25, 0.3) is 0 Å². The van der Waals surface area contributed by atoms with E-state index in [1.54, 1.807) is 0 Å². The van der Waals surface area contributed by atoms with Crippen molar-refractivity contribution in [1.82, 2.24) is 0 Å². The van der Waals surface area contributed by atoms with Gasteiger partial charge in [0.2, 0.25) is 0 Å². The molecule has 4 heteroatoms. The van der Waals surface area contributed by atoms with Gasteiger partial charge in [-0.1, -0.05) is 55.5 Å². The molecule has 4 aromatic rings. The fourth-order valence-corrected chi connectivity index (χ4v) is 4.64. The first-order valence-electron chi connectivity index (χ1n) is 10.2. The van der Waals surface area contributed by atoms with Crippen molar-refractivity contribution in [3.63, 3.8) is 0 Å². The summed E-state index contributed by atoms with van der Waals surface area (Å²) in [5, 5.41) is 9.98. The molecule has 30 heavy (non-hydrogen) atoms. The van der Waals surface area contributed by atoms with Gasteiger partial charge in [-0.05, 0) is 64.7 Å². The summed E-state index contributed by atoms with van der Waals surface area (Å²) in [4.78, 5) is 12.0. The second kappa shape index (κ2) is 9.14. The van der Waals surface area contributed by atoms with Gasteiger partial charge in [0.15, 0.2) is 0 Å². The van der Waals surface area contributed by atoms with Gasteiger partial charge in [0, 0.05) is 16.0 Å². The lowest BCUT2D eigenvalue weighted by Gasteiger charge is -2.07. The molecule has 4 rings (SSSR count). The average molecular weight is 417 g/mol. The van der Waals surface area contributed by atoms with E-state index in [0.717, 1.165) is 23.3 Å². The van der Waals surface area contributed by atoms with Crippen molar-refractivity contribution in [1.29, 1.82) is 0 Å². The third kappa shape index (κ3) is 4.71. The number of carboxylic acids is 1. The predicted molar refractivity (Wildman–Crippen MR) is 123 cm³/mol. The van der Waals surface area contributed by atoms with Crippen LogP contribution in [-0.4, -0.2) is 11.1 Å². The molecular weight excluding hydrogens is 392 g/mol. The van der Waals surface area contributed by atoms with E-state index in [9.17, 15) is 4.79 Å². The molecule has 0 radical (unpaired) electrons. The lowest BCUT2D eigenvalue weighted by Crippen LogP contribution is -1.98. The number of carbonyl (C=O) groups is 1. The molecule has 3 nitrogen and oxygen atoms in total. The Morgan fingerprint density at radius 3 is 2.50 bits per heavy atom. The number of hydrogen-bond donors (Lipinski definition) is 1. The van der Waals surface area contributed by atoms with Crippen LogP contribution >= 0.6 is 11.3 Å². The van der Waals surface area contributed by atoms with Crippen LogP contribution in [0.4, 0.5) is 0 Å². The number of ether oxygens (including phenoxy) is 1. The summed E-state index contributed by atoms with van der Waals surface area (Å²) in [5.74, 6) is 0.0816. The lowest BCUT2D eigenvalue weighted by atomic mass is 10.0. The van der Waals surface area contributed by atoms with Gasteiger partial charge in [0.1, 0.15) is 12.4 Å². The van der Waals surface area contributed by atoms with Gasteiger partial charge < -0.3 is 9.84 Å². The van der Waals surface area contributed by atoms with E-state index in [0.29, 0.717) is 13.0 Å². The highest BCUT2D eigenvalue weighted by Gasteiger charge is 2.09. The first-order chi connectivity index (χ1) is 14.6. The van der Waals surface area contributed by atoms with Crippen LogP contribution in [0.2, 0.25) is 0 Å². The molecule has 0 aliphatic heterocycles. The van der Waals surface area contributed by atoms with E-state index in [1.807, 2.05) is 41.7 Å². The van der Waals surface area contributed by atoms with E-state index < -0.39 is 5.97 Å². The van der Waals surface area contributed by atoms with Gasteiger partial charge in [-0.25, -0.2) is 0 Å². The Kier molecular flexibility index (Phi) is 6.15. The zero-order valence-electron chi connectivity index (χ0n) is 16.9. The summed E-state index contributed by atoms with van der Waals surface area (Å²) < 4.78 is 7.26. The number of carboxylic acid groups (broad SMARTS) is 1. The smallest absolute Gasteiger partial charge is 0.303 e. The fourth-order valence-electron chi connectivity index (χ4n) is 3.53. The quantitative estimate of drug-likeness (QED) is 0.346. The van der Waals surface area contributed by atoms with Gasteiger partial charge in [0.05, 0.1) is 0 Å². The van der Waals surface area contributed by atoms with Crippen molar-refractivity contribution in [2.45, 2.75) is 32.8 Å². The van der Waals surface area contributed by atoms with Crippen LogP contribution < -0.4 is 4.74 Å². The second-order valence-corrected chi connectivity index (χ2v) is 8.40. The molecule has 0 aliphatic carbocycles. The van der Waals surface area contributed by atoms with E-state index in [-0.39, 0.29) is 6.42 Å². The fraction of sp³-hybridized carbons (Fsp3) is 0.192. The summed E-state index contributed by atoms with van der Waals surface area (Å²) in [7, 11) is 0. The summed E-state index contributed by atoms with van der Waals surface area (Å²) in [5.41, 5.74) is 4.77. The van der Waals surface area contributed by atoms with E-state index >= 15 is 0 Å². The zero-order chi connectivity index (χ0) is 20.9. The van der Waals surface area contributed by atoms with Gasteiger partial charge in [-0.3, -0.25) is 4.79 Å². The molecule has 0 saturated heterocycles. The second-order valence-electron chi connectivity index (χ2n) is 7.32. The predicted octanol–water partition coefficient (Wildman–Crippen LogP) is 6.73. The normalized spacial score (nSPS) is 11.0. The van der Waals surface area contributed by atoms with Crippen molar-refractivity contribution < 1.29 is 14.6 Å². The van der Waals surface area contributed by atoms with Crippen LogP contribution in [0, 0.1) is 0 Å². The Morgan fingerprint density at radius 1 is 0.967 bits per heavy atom. The van der Waals surface area contributed by atoms with Crippen LogP contribution in [0.25, 0.3) is 20.5 Å². The molecular formula is C26H24O3S. The van der Waals surface area contributed by atoms with Crippen molar-refractivity contribution in [2.24, 2.45) is 0 Å². The van der Waals surface area contributed by atoms with Crippen LogP contribution in [0.15, 0.2) is 72.8 Å². The van der Waals surface area contributed by atoms with Crippen molar-refractivity contribution >= 4 is 27.4 Å². The maximum absolute atomic E-state index is 10.7. The topological polar surface area (TPSA) is 46.5 Å². The molecule has 0 saturated carbocycles. The molecule has 1 aromatic heterocycles. The highest BCUT2D eigenvalue weighted by atomic mass is 32.1. The zero-order valence-corrected chi connectivity index (χ0v) is 17.7. The van der Waals surface area contributed by atoms with Crippen LogP contribution in [0.5, 0.6) is 5.75 Å². The largest absolute Gasteiger partial charge is 0.489 e. The van der Waals surface area contributed by atoms with E-state index in [1.165, 1.54) is 26.1 Å². The molecule has 0 fully saturated rings. The number of fused-ring (bicyclic) bond motifs is 1. The number of benzene rings is 3. The molecule has 0 atom stereocenters. The monoisotopic (exact) mass is 416 g/mol. The first-order valence-corrected chi connectivity index (χ1v) is 11.0. The van der Waals surface area contributed by atoms with Crippen molar-refractivity contribution in [3.05, 3.63) is 89.5 Å². The molecule has 0 aliphatic rings. The molecule has 0 unspecified atom stereocenters. The van der Waals surface area contributed by atoms with Crippen LogP contribution in [-0.2, 0) is 24.2 Å². The Morgan fingerprint density at radius 2 is 1.73 bits per heavy atom. The van der Waals surface area contributed by atoms with Crippen molar-refractivity contribution in [2.75, 3.05) is 0 Å². The van der Waals surface area contributed by atoms with Crippen LogP contribution in [0.3, 0.4) is 0 Å².